The van der Waals surface area contributed by atoms with Crippen molar-refractivity contribution in [1.82, 2.24) is 0 Å². The van der Waals surface area contributed by atoms with Gasteiger partial charge in [-0.1, -0.05) is 296 Å². The average Bonchev–Trinajstić information content (AvgIpc) is 3.55. The smallest absolute Gasteiger partial charge is 0.462 e. The minimum absolute atomic E-state index is 0.102. The number of allylic oxidation sites excluding steroid dienone is 4. The van der Waals surface area contributed by atoms with E-state index < -0.39 is 97.5 Å². The maximum absolute atomic E-state index is 13.0. The number of carbonyl (C=O) groups excluding carboxylic acids is 4. The average molecular weight is 1320 g/mol. The summed E-state index contributed by atoms with van der Waals surface area (Å²) in [5.41, 5.74) is 0. The summed E-state index contributed by atoms with van der Waals surface area (Å²) in [6, 6.07) is 0. The van der Waals surface area contributed by atoms with E-state index >= 15 is 0 Å². The van der Waals surface area contributed by atoms with Gasteiger partial charge in [0.25, 0.3) is 0 Å². The van der Waals surface area contributed by atoms with E-state index in [4.69, 9.17) is 37.0 Å². The first kappa shape index (κ1) is 87.5. The molecule has 0 saturated carbocycles. The zero-order chi connectivity index (χ0) is 66.1. The van der Waals surface area contributed by atoms with Crippen LogP contribution in [0.3, 0.4) is 0 Å². The van der Waals surface area contributed by atoms with Crippen LogP contribution in [0.4, 0.5) is 0 Å². The van der Waals surface area contributed by atoms with Crippen molar-refractivity contribution in [1.29, 1.82) is 0 Å². The summed E-state index contributed by atoms with van der Waals surface area (Å²) in [5, 5.41) is 10.6. The summed E-state index contributed by atoms with van der Waals surface area (Å²) >= 11 is 0. The predicted molar refractivity (Wildman–Crippen MR) is 363 cm³/mol. The van der Waals surface area contributed by atoms with E-state index in [0.29, 0.717) is 25.7 Å². The maximum atomic E-state index is 13.0. The number of hydrogen-bond donors (Lipinski definition) is 3. The van der Waals surface area contributed by atoms with E-state index in [1.807, 2.05) is 0 Å². The number of carbonyl (C=O) groups is 4. The van der Waals surface area contributed by atoms with Gasteiger partial charge in [0.15, 0.2) is 12.2 Å². The van der Waals surface area contributed by atoms with Crippen LogP contribution < -0.4 is 0 Å². The summed E-state index contributed by atoms with van der Waals surface area (Å²) in [7, 11) is -9.91. The van der Waals surface area contributed by atoms with Gasteiger partial charge in [0, 0.05) is 25.7 Å². The Balaban J connectivity index is 5.26. The van der Waals surface area contributed by atoms with Gasteiger partial charge in [-0.05, 0) is 51.4 Å². The quantitative estimate of drug-likeness (QED) is 0.0169. The Morgan fingerprint density at radius 3 is 0.811 bits per heavy atom. The summed E-state index contributed by atoms with van der Waals surface area (Å²) in [6.07, 6.45) is 56.2. The Morgan fingerprint density at radius 1 is 0.311 bits per heavy atom. The number of ether oxygens (including phenoxy) is 4. The molecular weight excluding hydrogens is 1190 g/mol. The van der Waals surface area contributed by atoms with Crippen molar-refractivity contribution in [3.05, 3.63) is 24.3 Å². The molecule has 530 valence electrons. The summed E-state index contributed by atoms with van der Waals surface area (Å²) in [5.74, 6) is -2.15. The summed E-state index contributed by atoms with van der Waals surface area (Å²) in [6.45, 7) is 4.86. The van der Waals surface area contributed by atoms with Crippen LogP contribution in [0.15, 0.2) is 24.3 Å². The van der Waals surface area contributed by atoms with E-state index in [0.717, 1.165) is 109 Å². The van der Waals surface area contributed by atoms with Gasteiger partial charge in [0.2, 0.25) is 0 Å². The first-order chi connectivity index (χ1) is 43.7. The number of rotatable bonds is 70. The van der Waals surface area contributed by atoms with Crippen molar-refractivity contribution in [3.63, 3.8) is 0 Å². The molecule has 0 aliphatic rings. The highest BCUT2D eigenvalue weighted by molar-refractivity contribution is 7.47. The maximum Gasteiger partial charge on any atom is 0.472 e. The molecule has 0 radical (unpaired) electrons. The number of aliphatic hydroxyl groups is 1. The van der Waals surface area contributed by atoms with Crippen LogP contribution in [-0.2, 0) is 65.4 Å². The van der Waals surface area contributed by atoms with Gasteiger partial charge >= 0.3 is 39.5 Å². The van der Waals surface area contributed by atoms with E-state index in [-0.39, 0.29) is 25.7 Å². The second-order valence-corrected chi connectivity index (χ2v) is 27.8. The number of phosphoric ester groups is 2. The van der Waals surface area contributed by atoms with Gasteiger partial charge < -0.3 is 33.8 Å². The third-order valence-electron chi connectivity index (χ3n) is 16.0. The van der Waals surface area contributed by atoms with Crippen molar-refractivity contribution in [3.8, 4) is 0 Å². The molecule has 0 aromatic rings. The Morgan fingerprint density at radius 2 is 0.533 bits per heavy atom. The monoisotopic (exact) mass is 1320 g/mol. The highest BCUT2D eigenvalue weighted by Crippen LogP contribution is 2.45. The zero-order valence-electron chi connectivity index (χ0n) is 57.6. The highest BCUT2D eigenvalue weighted by Gasteiger charge is 2.30. The molecule has 0 aliphatic heterocycles. The van der Waals surface area contributed by atoms with Gasteiger partial charge in [-0.2, -0.15) is 0 Å². The Labute approximate surface area is 548 Å². The lowest BCUT2D eigenvalue weighted by Gasteiger charge is -2.21. The zero-order valence-corrected chi connectivity index (χ0v) is 59.4. The molecule has 90 heavy (non-hydrogen) atoms. The summed E-state index contributed by atoms with van der Waals surface area (Å²) in [4.78, 5) is 72.5. The number of aliphatic hydroxyl groups excluding tert-OH is 1. The van der Waals surface area contributed by atoms with Crippen LogP contribution >= 0.6 is 15.6 Å². The molecule has 17 nitrogen and oxygen atoms in total. The van der Waals surface area contributed by atoms with E-state index in [1.165, 1.54) is 161 Å². The second kappa shape index (κ2) is 65.2. The fourth-order valence-corrected chi connectivity index (χ4v) is 11.9. The van der Waals surface area contributed by atoms with Crippen LogP contribution in [0.1, 0.15) is 349 Å². The second-order valence-electron chi connectivity index (χ2n) is 24.9. The summed E-state index contributed by atoms with van der Waals surface area (Å²) < 4.78 is 68.2. The number of hydrogen-bond acceptors (Lipinski definition) is 15. The number of esters is 4. The van der Waals surface area contributed by atoms with E-state index in [2.05, 4.69) is 52.0 Å². The molecule has 0 amide bonds. The van der Waals surface area contributed by atoms with E-state index in [1.54, 1.807) is 0 Å². The Kier molecular flexibility index (Phi) is 63.4. The SMILES string of the molecule is CCCCCC/C=C\C=C/CCCCCCCC(=O)OC[C@H](COP(=O)(O)OC[C@@H](O)COP(=O)(O)OC[C@@H](COC(=O)CCCCCCCCCCC)OC(=O)CCCCCCCCCCCC)OC(=O)CCCCCCCCCCCCCCCCCC. The fourth-order valence-electron chi connectivity index (χ4n) is 10.3. The van der Waals surface area contributed by atoms with Gasteiger partial charge in [0.1, 0.15) is 19.3 Å². The Hall–Kier alpha value is -2.46. The van der Waals surface area contributed by atoms with Crippen LogP contribution in [0.5, 0.6) is 0 Å². The molecule has 5 atom stereocenters. The molecule has 0 spiro atoms. The molecule has 2 unspecified atom stereocenters. The standard InChI is InChI=1S/C71H134O17P2/c1-5-9-13-17-21-25-28-30-32-34-36-38-42-46-50-54-58-71(76)88-67(62-82-69(74)56-52-48-44-41-37-35-33-31-29-26-22-18-14-10-6-2)64-86-90(79,80)84-60-65(72)59-83-89(77,78)85-63-66(61-81-68(73)55-51-47-43-39-24-20-16-12-8-4)87-70(75)57-53-49-45-40-27-23-19-15-11-7-3/h26,29,31,33,65-67,72H,5-25,27-28,30,32,34-64H2,1-4H3,(H,77,78)(H,79,80)/b29-26-,33-31-/t65-,66+,67+/m0/s1. The van der Waals surface area contributed by atoms with Gasteiger partial charge in [-0.25, -0.2) is 9.13 Å². The van der Waals surface area contributed by atoms with E-state index in [9.17, 15) is 43.2 Å². The predicted octanol–water partition coefficient (Wildman–Crippen LogP) is 20.2. The van der Waals surface area contributed by atoms with Gasteiger partial charge in [0.05, 0.1) is 26.4 Å². The van der Waals surface area contributed by atoms with Crippen molar-refractivity contribution in [2.45, 2.75) is 367 Å². The van der Waals surface area contributed by atoms with Crippen molar-refractivity contribution < 1.29 is 80.2 Å². The molecule has 0 fully saturated rings. The van der Waals surface area contributed by atoms with Crippen molar-refractivity contribution >= 4 is 39.5 Å². The van der Waals surface area contributed by atoms with Crippen molar-refractivity contribution in [2.24, 2.45) is 0 Å². The van der Waals surface area contributed by atoms with Crippen LogP contribution in [0.2, 0.25) is 0 Å². The molecule has 0 aromatic heterocycles. The molecule has 0 saturated heterocycles. The number of unbranched alkanes of at least 4 members (excludes halogenated alkanes) is 41. The lowest BCUT2D eigenvalue weighted by atomic mass is 10.0. The third kappa shape index (κ3) is 64.3. The van der Waals surface area contributed by atoms with Crippen LogP contribution in [-0.4, -0.2) is 96.7 Å². The van der Waals surface area contributed by atoms with Crippen LogP contribution in [0, 0.1) is 0 Å². The molecular formula is C71H134O17P2. The Bertz CT molecular complexity index is 1820. The molecule has 3 N–H and O–H groups in total. The lowest BCUT2D eigenvalue weighted by Crippen LogP contribution is -2.30. The molecule has 19 heteroatoms. The highest BCUT2D eigenvalue weighted by atomic mass is 31.2. The largest absolute Gasteiger partial charge is 0.472 e. The lowest BCUT2D eigenvalue weighted by molar-refractivity contribution is -0.161. The van der Waals surface area contributed by atoms with Crippen molar-refractivity contribution in [2.75, 3.05) is 39.6 Å². The molecule has 0 bridgehead atoms. The molecule has 0 aliphatic carbocycles. The third-order valence-corrected chi connectivity index (χ3v) is 17.9. The first-order valence-electron chi connectivity index (χ1n) is 36.6. The van der Waals surface area contributed by atoms with Gasteiger partial charge in [-0.3, -0.25) is 37.3 Å². The van der Waals surface area contributed by atoms with Crippen LogP contribution in [0.25, 0.3) is 0 Å². The normalized spacial score (nSPS) is 14.2. The molecule has 0 aromatic carbocycles. The molecule has 0 rings (SSSR count). The first-order valence-corrected chi connectivity index (χ1v) is 39.6. The molecule has 0 heterocycles. The van der Waals surface area contributed by atoms with Gasteiger partial charge in [-0.15, -0.1) is 0 Å². The minimum Gasteiger partial charge on any atom is -0.462 e. The minimum atomic E-state index is -4.96. The fraction of sp³-hybridized carbons (Fsp3) is 0.887. The number of phosphoric acid groups is 2. The topological polar surface area (TPSA) is 237 Å².